The maximum Gasteiger partial charge on any atom is 0.408 e. The molecule has 0 bridgehead atoms. The summed E-state index contributed by atoms with van der Waals surface area (Å²) in [5, 5.41) is 12.7. The van der Waals surface area contributed by atoms with Crippen LogP contribution in [0.4, 0.5) is 4.79 Å². The molecule has 0 aliphatic carbocycles. The first-order valence-electron chi connectivity index (χ1n) is 8.20. The number of hydrogen-bond acceptors (Lipinski definition) is 4. The summed E-state index contributed by atoms with van der Waals surface area (Å²) in [6.07, 6.45) is 0.863. The minimum absolute atomic E-state index is 0.0762. The third-order valence-corrected chi connectivity index (χ3v) is 4.10. The van der Waals surface area contributed by atoms with Gasteiger partial charge in [-0.25, -0.2) is 9.59 Å². The Morgan fingerprint density at radius 2 is 1.92 bits per heavy atom. The zero-order valence-corrected chi connectivity index (χ0v) is 14.3. The van der Waals surface area contributed by atoms with Crippen molar-refractivity contribution >= 4 is 23.0 Å². The molecule has 26 heavy (non-hydrogen) atoms. The molecule has 6 heteroatoms. The first-order chi connectivity index (χ1) is 12.5. The van der Waals surface area contributed by atoms with Gasteiger partial charge in [-0.05, 0) is 18.1 Å². The molecule has 2 N–H and O–H groups in total. The number of aliphatic carboxylic acids is 1. The van der Waals surface area contributed by atoms with Crippen molar-refractivity contribution in [1.29, 1.82) is 0 Å². The van der Waals surface area contributed by atoms with Gasteiger partial charge in [-0.2, -0.15) is 0 Å². The summed E-state index contributed by atoms with van der Waals surface area (Å²) in [4.78, 5) is 23.5. The van der Waals surface area contributed by atoms with Crippen molar-refractivity contribution in [2.45, 2.75) is 26.0 Å². The predicted molar refractivity (Wildman–Crippen MR) is 95.8 cm³/mol. The van der Waals surface area contributed by atoms with Crippen LogP contribution < -0.4 is 5.32 Å². The van der Waals surface area contributed by atoms with Gasteiger partial charge in [-0.15, -0.1) is 0 Å². The van der Waals surface area contributed by atoms with Gasteiger partial charge in [0.2, 0.25) is 0 Å². The number of nitrogens with one attached hydrogen (secondary N) is 1. The van der Waals surface area contributed by atoms with E-state index < -0.39 is 18.1 Å². The van der Waals surface area contributed by atoms with Crippen LogP contribution >= 0.6 is 0 Å². The number of aryl methyl sites for hydroxylation is 1. The molecule has 3 aromatic rings. The summed E-state index contributed by atoms with van der Waals surface area (Å²) in [5.41, 5.74) is 3.24. The average Bonchev–Trinajstić information content (AvgIpc) is 3.04. The van der Waals surface area contributed by atoms with Gasteiger partial charge in [0.15, 0.2) is 0 Å². The molecule has 3 rings (SSSR count). The van der Waals surface area contributed by atoms with Gasteiger partial charge in [0.25, 0.3) is 0 Å². The first-order valence-corrected chi connectivity index (χ1v) is 8.20. The summed E-state index contributed by atoms with van der Waals surface area (Å²) < 4.78 is 10.6. The molecule has 1 aromatic heterocycles. The number of amides is 1. The van der Waals surface area contributed by atoms with Gasteiger partial charge in [-0.3, -0.25) is 0 Å². The number of alkyl carbamates (subject to hydrolysis) is 1. The van der Waals surface area contributed by atoms with Crippen molar-refractivity contribution in [3.05, 3.63) is 71.5 Å². The van der Waals surface area contributed by atoms with Crippen LogP contribution in [0, 0.1) is 6.92 Å². The van der Waals surface area contributed by atoms with Gasteiger partial charge < -0.3 is 19.6 Å². The van der Waals surface area contributed by atoms with Gasteiger partial charge in [-0.1, -0.05) is 48.5 Å². The molecule has 1 atom stereocenters. The smallest absolute Gasteiger partial charge is 0.408 e. The van der Waals surface area contributed by atoms with E-state index in [4.69, 9.17) is 9.15 Å². The third kappa shape index (κ3) is 4.03. The highest BCUT2D eigenvalue weighted by Crippen LogP contribution is 2.25. The fourth-order valence-electron chi connectivity index (χ4n) is 2.74. The molecule has 6 nitrogen and oxygen atoms in total. The van der Waals surface area contributed by atoms with Crippen LogP contribution in [0.25, 0.3) is 11.0 Å². The Morgan fingerprint density at radius 1 is 1.15 bits per heavy atom. The second-order valence-corrected chi connectivity index (χ2v) is 6.01. The molecule has 0 saturated carbocycles. The molecule has 1 unspecified atom stereocenters. The molecular weight excluding hydrogens is 334 g/mol. The number of furan rings is 1. The normalized spacial score (nSPS) is 11.9. The van der Waals surface area contributed by atoms with Gasteiger partial charge >= 0.3 is 12.1 Å². The minimum atomic E-state index is -1.14. The largest absolute Gasteiger partial charge is 0.480 e. The number of carboxylic acids is 1. The number of fused-ring (bicyclic) bond motifs is 1. The lowest BCUT2D eigenvalue weighted by Crippen LogP contribution is -2.42. The van der Waals surface area contributed by atoms with Crippen LogP contribution in [0.2, 0.25) is 0 Å². The summed E-state index contributed by atoms with van der Waals surface area (Å²) in [6, 6.07) is 13.7. The fraction of sp³-hybridized carbons (Fsp3) is 0.200. The number of rotatable bonds is 6. The Kier molecular flexibility index (Phi) is 5.22. The van der Waals surface area contributed by atoms with Crippen LogP contribution in [-0.4, -0.2) is 23.2 Å². The predicted octanol–water partition coefficient (Wildman–Crippen LogP) is 3.66. The van der Waals surface area contributed by atoms with E-state index in [1.807, 2.05) is 55.5 Å². The van der Waals surface area contributed by atoms with Crippen molar-refractivity contribution in [3.63, 3.8) is 0 Å². The van der Waals surface area contributed by atoms with Gasteiger partial charge in [0, 0.05) is 17.4 Å². The fourth-order valence-corrected chi connectivity index (χ4v) is 2.74. The maximum atomic E-state index is 12.0. The average molecular weight is 353 g/mol. The second kappa shape index (κ2) is 7.74. The monoisotopic (exact) mass is 353 g/mol. The number of benzene rings is 2. The summed E-state index contributed by atoms with van der Waals surface area (Å²) in [7, 11) is 0. The minimum Gasteiger partial charge on any atom is -0.480 e. The number of ether oxygens (including phenoxy) is 1. The Balaban J connectivity index is 1.66. The Hall–Kier alpha value is -3.28. The van der Waals surface area contributed by atoms with E-state index in [9.17, 15) is 14.7 Å². The van der Waals surface area contributed by atoms with E-state index in [0.717, 1.165) is 27.7 Å². The lowest BCUT2D eigenvalue weighted by atomic mass is 10.0. The highest BCUT2D eigenvalue weighted by Gasteiger charge is 2.23. The zero-order chi connectivity index (χ0) is 18.5. The standard InChI is InChI=1S/C20H19NO5/c1-13-6-5-9-16-15(12-25-18(13)16)10-17(19(22)23)21-20(24)26-11-14-7-3-2-4-8-14/h2-9,12,17H,10-11H2,1H3,(H,21,24)(H,22,23). The summed E-state index contributed by atoms with van der Waals surface area (Å²) >= 11 is 0. The molecule has 0 aliphatic rings. The molecular formula is C20H19NO5. The number of hydrogen-bond donors (Lipinski definition) is 2. The Bertz CT molecular complexity index is 916. The van der Waals surface area contributed by atoms with Crippen molar-refractivity contribution < 1.29 is 23.8 Å². The van der Waals surface area contributed by atoms with Crippen molar-refractivity contribution in [2.24, 2.45) is 0 Å². The highest BCUT2D eigenvalue weighted by atomic mass is 16.5. The SMILES string of the molecule is Cc1cccc2c(CC(NC(=O)OCc3ccccc3)C(=O)O)coc12. The molecule has 1 amide bonds. The summed E-state index contributed by atoms with van der Waals surface area (Å²) in [6.45, 7) is 2.00. The van der Waals surface area contributed by atoms with Crippen molar-refractivity contribution in [3.8, 4) is 0 Å². The maximum absolute atomic E-state index is 12.0. The van der Waals surface area contributed by atoms with E-state index in [2.05, 4.69) is 5.32 Å². The quantitative estimate of drug-likeness (QED) is 0.706. The topological polar surface area (TPSA) is 88.8 Å². The van der Waals surface area contributed by atoms with Gasteiger partial charge in [0.1, 0.15) is 18.2 Å². The number of carboxylic acid groups (broad SMARTS) is 1. The zero-order valence-electron chi connectivity index (χ0n) is 14.3. The van der Waals surface area contributed by atoms with E-state index >= 15 is 0 Å². The molecule has 1 heterocycles. The second-order valence-electron chi connectivity index (χ2n) is 6.01. The highest BCUT2D eigenvalue weighted by molar-refractivity contribution is 5.85. The van der Waals surface area contributed by atoms with Crippen LogP contribution in [0.5, 0.6) is 0 Å². The molecule has 134 valence electrons. The lowest BCUT2D eigenvalue weighted by Gasteiger charge is -2.14. The van der Waals surface area contributed by atoms with E-state index in [1.165, 1.54) is 6.26 Å². The van der Waals surface area contributed by atoms with Crippen LogP contribution in [0.3, 0.4) is 0 Å². The number of para-hydroxylation sites is 1. The van der Waals surface area contributed by atoms with Crippen LogP contribution in [0.15, 0.2) is 59.2 Å². The van der Waals surface area contributed by atoms with Crippen LogP contribution in [0.1, 0.15) is 16.7 Å². The lowest BCUT2D eigenvalue weighted by molar-refractivity contribution is -0.139. The van der Waals surface area contributed by atoms with E-state index in [-0.39, 0.29) is 13.0 Å². The van der Waals surface area contributed by atoms with E-state index in [0.29, 0.717) is 0 Å². The summed E-state index contributed by atoms with van der Waals surface area (Å²) in [5.74, 6) is -1.14. The molecule has 2 aromatic carbocycles. The molecule has 0 saturated heterocycles. The molecule has 0 aliphatic heterocycles. The van der Waals surface area contributed by atoms with Gasteiger partial charge in [0.05, 0.1) is 6.26 Å². The van der Waals surface area contributed by atoms with Crippen molar-refractivity contribution in [2.75, 3.05) is 0 Å². The third-order valence-electron chi connectivity index (χ3n) is 4.10. The van der Waals surface area contributed by atoms with Crippen LogP contribution in [-0.2, 0) is 22.6 Å². The molecule has 0 radical (unpaired) electrons. The molecule has 0 spiro atoms. The Labute approximate surface area is 150 Å². The first kappa shape index (κ1) is 17.5. The van der Waals surface area contributed by atoms with E-state index in [1.54, 1.807) is 0 Å². The molecule has 0 fully saturated rings. The van der Waals surface area contributed by atoms with Crippen molar-refractivity contribution in [1.82, 2.24) is 5.32 Å². The number of carbonyl (C=O) groups excluding carboxylic acids is 1. The Morgan fingerprint density at radius 3 is 2.65 bits per heavy atom. The number of carbonyl (C=O) groups is 2.